The van der Waals surface area contributed by atoms with Crippen molar-refractivity contribution in [2.45, 2.75) is 64.0 Å². The Morgan fingerprint density at radius 2 is 1.91 bits per heavy atom. The second-order valence-electron chi connectivity index (χ2n) is 7.12. The number of hydrogen-bond acceptors (Lipinski definition) is 3. The van der Waals surface area contributed by atoms with E-state index in [1.807, 2.05) is 0 Å². The van der Waals surface area contributed by atoms with Gasteiger partial charge in [-0.15, -0.1) is 0 Å². The van der Waals surface area contributed by atoms with Gasteiger partial charge in [0.25, 0.3) is 0 Å². The Morgan fingerprint density at radius 3 is 2.70 bits per heavy atom. The average molecular weight is 316 g/mol. The molecule has 1 aromatic carbocycles. The first-order valence-electron chi connectivity index (χ1n) is 9.58. The van der Waals surface area contributed by atoms with Gasteiger partial charge in [-0.1, -0.05) is 31.4 Å². The highest BCUT2D eigenvalue weighted by atomic mass is 16.5. The van der Waals surface area contributed by atoms with Gasteiger partial charge in [-0.3, -0.25) is 4.90 Å². The lowest BCUT2D eigenvalue weighted by Gasteiger charge is -2.23. The highest BCUT2D eigenvalue weighted by Crippen LogP contribution is 2.18. The van der Waals surface area contributed by atoms with E-state index in [4.69, 9.17) is 4.74 Å². The van der Waals surface area contributed by atoms with Crippen LogP contribution in [0.4, 0.5) is 0 Å². The van der Waals surface area contributed by atoms with Gasteiger partial charge in [0, 0.05) is 12.6 Å². The van der Waals surface area contributed by atoms with E-state index in [1.54, 1.807) is 0 Å². The maximum Gasteiger partial charge on any atom is 0.119 e. The zero-order chi connectivity index (χ0) is 15.7. The summed E-state index contributed by atoms with van der Waals surface area (Å²) in [5.74, 6) is 1.04. The maximum atomic E-state index is 6.00. The zero-order valence-electron chi connectivity index (χ0n) is 14.4. The van der Waals surface area contributed by atoms with Crippen LogP contribution < -0.4 is 10.1 Å². The molecule has 2 aliphatic heterocycles. The van der Waals surface area contributed by atoms with E-state index < -0.39 is 0 Å². The van der Waals surface area contributed by atoms with Crippen molar-refractivity contribution < 1.29 is 4.74 Å². The molecular weight excluding hydrogens is 284 g/mol. The van der Waals surface area contributed by atoms with E-state index in [1.165, 1.54) is 70.1 Å². The molecule has 2 heterocycles. The van der Waals surface area contributed by atoms with Crippen molar-refractivity contribution >= 4 is 0 Å². The fraction of sp³-hybridized carbons (Fsp3) is 0.700. The first-order valence-corrected chi connectivity index (χ1v) is 9.58. The highest BCUT2D eigenvalue weighted by Gasteiger charge is 2.12. The van der Waals surface area contributed by atoms with Crippen molar-refractivity contribution in [3.05, 3.63) is 29.8 Å². The second-order valence-corrected chi connectivity index (χ2v) is 7.12. The molecular formula is C20H32N2O. The third-order valence-electron chi connectivity index (χ3n) is 5.15. The van der Waals surface area contributed by atoms with Crippen molar-refractivity contribution in [3.8, 4) is 5.75 Å². The van der Waals surface area contributed by atoms with Crippen LogP contribution in [0.15, 0.2) is 24.3 Å². The maximum absolute atomic E-state index is 6.00. The molecule has 2 aliphatic rings. The van der Waals surface area contributed by atoms with E-state index >= 15 is 0 Å². The highest BCUT2D eigenvalue weighted by molar-refractivity contribution is 5.28. The number of ether oxygens (including phenoxy) is 1. The van der Waals surface area contributed by atoms with Crippen LogP contribution >= 0.6 is 0 Å². The molecule has 3 rings (SSSR count). The Bertz CT molecular complexity index is 449. The number of nitrogens with zero attached hydrogens (tertiary/aromatic N) is 1. The molecule has 1 aromatic rings. The van der Waals surface area contributed by atoms with Crippen LogP contribution in [0.2, 0.25) is 0 Å². The largest absolute Gasteiger partial charge is 0.494 e. The lowest BCUT2D eigenvalue weighted by molar-refractivity contribution is 0.264. The Labute approximate surface area is 141 Å². The Balaban J connectivity index is 1.44. The lowest BCUT2D eigenvalue weighted by atomic mass is 10.0. The van der Waals surface area contributed by atoms with Gasteiger partial charge in [-0.05, 0) is 69.4 Å². The molecule has 0 spiro atoms. The van der Waals surface area contributed by atoms with E-state index in [-0.39, 0.29) is 0 Å². The van der Waals surface area contributed by atoms with E-state index in [0.29, 0.717) is 6.04 Å². The minimum Gasteiger partial charge on any atom is -0.494 e. The van der Waals surface area contributed by atoms with Gasteiger partial charge >= 0.3 is 0 Å². The molecule has 2 fully saturated rings. The number of nitrogens with one attached hydrogen (secondary N) is 1. The molecule has 23 heavy (non-hydrogen) atoms. The summed E-state index contributed by atoms with van der Waals surface area (Å²) in [4.78, 5) is 2.60. The summed E-state index contributed by atoms with van der Waals surface area (Å²) in [5.41, 5.74) is 1.39. The van der Waals surface area contributed by atoms with Gasteiger partial charge < -0.3 is 10.1 Å². The van der Waals surface area contributed by atoms with Crippen molar-refractivity contribution in [2.24, 2.45) is 0 Å². The lowest BCUT2D eigenvalue weighted by Crippen LogP contribution is -2.35. The van der Waals surface area contributed by atoms with Gasteiger partial charge in [-0.25, -0.2) is 0 Å². The van der Waals surface area contributed by atoms with Crippen molar-refractivity contribution in [1.82, 2.24) is 10.2 Å². The smallest absolute Gasteiger partial charge is 0.119 e. The summed E-state index contributed by atoms with van der Waals surface area (Å²) in [6, 6.07) is 9.37. The fourth-order valence-electron chi connectivity index (χ4n) is 3.78. The van der Waals surface area contributed by atoms with Crippen LogP contribution in [0.5, 0.6) is 5.75 Å². The predicted octanol–water partition coefficient (Wildman–Crippen LogP) is 3.97. The van der Waals surface area contributed by atoms with Crippen LogP contribution in [-0.2, 0) is 6.54 Å². The Morgan fingerprint density at radius 1 is 1.04 bits per heavy atom. The van der Waals surface area contributed by atoms with Crippen molar-refractivity contribution in [1.29, 1.82) is 0 Å². The third-order valence-corrected chi connectivity index (χ3v) is 5.15. The summed E-state index contributed by atoms with van der Waals surface area (Å²) in [5, 5.41) is 3.59. The van der Waals surface area contributed by atoms with Crippen molar-refractivity contribution in [3.63, 3.8) is 0 Å². The minimum atomic E-state index is 0.657. The summed E-state index contributed by atoms with van der Waals surface area (Å²) < 4.78 is 6.00. The van der Waals surface area contributed by atoms with Gasteiger partial charge in [0.1, 0.15) is 5.75 Å². The quantitative estimate of drug-likeness (QED) is 0.859. The average Bonchev–Trinajstić information content (AvgIpc) is 2.85. The molecule has 3 heteroatoms. The molecule has 0 aromatic heterocycles. The molecule has 0 aliphatic carbocycles. The first kappa shape index (κ1) is 16.8. The molecule has 1 unspecified atom stereocenters. The number of likely N-dealkylation sites (tertiary alicyclic amines) is 1. The molecule has 0 bridgehead atoms. The van der Waals surface area contributed by atoms with Crippen LogP contribution in [0.25, 0.3) is 0 Å². The Hall–Kier alpha value is -1.06. The number of hydrogen-bond donors (Lipinski definition) is 1. The van der Waals surface area contributed by atoms with Crippen LogP contribution in [0.3, 0.4) is 0 Å². The van der Waals surface area contributed by atoms with Crippen LogP contribution in [0, 0.1) is 0 Å². The fourth-order valence-corrected chi connectivity index (χ4v) is 3.78. The summed E-state index contributed by atoms with van der Waals surface area (Å²) in [7, 11) is 0. The third kappa shape index (κ3) is 5.82. The van der Waals surface area contributed by atoms with Gasteiger partial charge in [0.05, 0.1) is 6.61 Å². The molecule has 0 saturated carbocycles. The molecule has 2 saturated heterocycles. The number of benzene rings is 1. The van der Waals surface area contributed by atoms with E-state index in [0.717, 1.165) is 25.3 Å². The number of piperidine rings is 1. The molecule has 0 amide bonds. The molecule has 3 nitrogen and oxygen atoms in total. The first-order chi connectivity index (χ1) is 11.4. The van der Waals surface area contributed by atoms with Crippen LogP contribution in [-0.4, -0.2) is 37.2 Å². The van der Waals surface area contributed by atoms with Gasteiger partial charge in [0.2, 0.25) is 0 Å². The molecule has 128 valence electrons. The zero-order valence-corrected chi connectivity index (χ0v) is 14.4. The standard InChI is InChI=1S/C20H32N2O/c1-2-6-14-22(13-5-1)17-18-8-7-10-20(16-18)23-15-11-19-9-3-4-12-21-19/h7-8,10,16,19,21H,1-6,9,11-15,17H2. The van der Waals surface area contributed by atoms with Crippen LogP contribution in [0.1, 0.15) is 56.9 Å². The summed E-state index contributed by atoms with van der Waals surface area (Å²) in [6.07, 6.45) is 10.6. The van der Waals surface area contributed by atoms with E-state index in [9.17, 15) is 0 Å². The molecule has 1 N–H and O–H groups in total. The SMILES string of the molecule is c1cc(CN2CCCCCC2)cc(OCCC2CCCCN2)c1. The second kappa shape index (κ2) is 9.29. The summed E-state index contributed by atoms with van der Waals surface area (Å²) in [6.45, 7) is 5.57. The minimum absolute atomic E-state index is 0.657. The normalized spacial score (nSPS) is 23.4. The van der Waals surface area contributed by atoms with Gasteiger partial charge in [0.15, 0.2) is 0 Å². The topological polar surface area (TPSA) is 24.5 Å². The van der Waals surface area contributed by atoms with Crippen molar-refractivity contribution in [2.75, 3.05) is 26.2 Å². The number of rotatable bonds is 6. The van der Waals surface area contributed by atoms with E-state index in [2.05, 4.69) is 34.5 Å². The molecule has 1 atom stereocenters. The predicted molar refractivity (Wildman–Crippen MR) is 95.9 cm³/mol. The monoisotopic (exact) mass is 316 g/mol. The Kier molecular flexibility index (Phi) is 6.78. The van der Waals surface area contributed by atoms with Gasteiger partial charge in [-0.2, -0.15) is 0 Å². The summed E-state index contributed by atoms with van der Waals surface area (Å²) >= 11 is 0. The molecule has 0 radical (unpaired) electrons.